The molecule has 144 valence electrons. The lowest BCUT2D eigenvalue weighted by atomic mass is 10.2. The number of hydrogen-bond acceptors (Lipinski definition) is 5. The molecular weight excluding hydrogens is 356 g/mol. The number of likely N-dealkylation sites (N-methyl/N-ethyl adjacent to an activating group) is 1. The minimum atomic E-state index is -0.739. The third-order valence-corrected chi connectivity index (χ3v) is 3.45. The highest BCUT2D eigenvalue weighted by molar-refractivity contribution is 5.81. The molecule has 0 aromatic heterocycles. The van der Waals surface area contributed by atoms with E-state index in [0.29, 0.717) is 23.7 Å². The summed E-state index contributed by atoms with van der Waals surface area (Å²) in [5.74, 6) is -0.681. The first-order valence-electron chi connectivity index (χ1n) is 8.24. The fourth-order valence-electron chi connectivity index (χ4n) is 2.02. The zero-order chi connectivity index (χ0) is 19.8. The summed E-state index contributed by atoms with van der Waals surface area (Å²) in [5.41, 5.74) is 3.23. The Balaban J connectivity index is 2.08. The predicted octanol–water partition coefficient (Wildman–Crippen LogP) is 3.28. The van der Waals surface area contributed by atoms with Gasteiger partial charge >= 0.3 is 0 Å². The van der Waals surface area contributed by atoms with Gasteiger partial charge in [-0.2, -0.15) is 5.10 Å². The molecule has 0 saturated heterocycles. The fourth-order valence-corrected chi connectivity index (χ4v) is 2.02. The minimum Gasteiger partial charge on any atom is -0.490 e. The molecule has 0 aliphatic rings. The first kappa shape index (κ1) is 20.2. The average molecular weight is 377 g/mol. The Kier molecular flexibility index (Phi) is 7.10. The maximum atomic E-state index is 13.6. The number of ether oxygens (including phenoxy) is 2. The first-order valence-corrected chi connectivity index (χ1v) is 8.24. The van der Waals surface area contributed by atoms with Gasteiger partial charge in [-0.05, 0) is 42.8 Å². The van der Waals surface area contributed by atoms with Crippen LogP contribution in [0.25, 0.3) is 0 Å². The molecule has 1 N–H and O–H groups in total. The second-order valence-electron chi connectivity index (χ2n) is 5.71. The molecule has 0 saturated carbocycles. The van der Waals surface area contributed by atoms with Crippen molar-refractivity contribution in [1.82, 2.24) is 4.90 Å². The molecule has 2 aromatic carbocycles. The number of amides is 1. The smallest absolute Gasteiger partial charge is 0.259 e. The number of hydrogen-bond donors (Lipinski definition) is 1. The number of carbonyl (C=O) groups excluding carboxylic acids is 1. The van der Waals surface area contributed by atoms with Crippen LogP contribution in [0, 0.1) is 11.6 Å². The maximum Gasteiger partial charge on any atom is 0.259 e. The second kappa shape index (κ2) is 9.51. The molecule has 8 heteroatoms. The first-order chi connectivity index (χ1) is 12.9. The molecule has 0 atom stereocenters. The summed E-state index contributed by atoms with van der Waals surface area (Å²) in [6.07, 6.45) is 1.46. The number of nitrogens with zero attached hydrogens (tertiary/aromatic N) is 2. The molecule has 0 heterocycles. The predicted molar refractivity (Wildman–Crippen MR) is 99.4 cm³/mol. The molecule has 6 nitrogen and oxygen atoms in total. The van der Waals surface area contributed by atoms with Gasteiger partial charge < -0.3 is 14.4 Å². The van der Waals surface area contributed by atoms with Gasteiger partial charge in [0.05, 0.1) is 18.5 Å². The number of halogens is 2. The summed E-state index contributed by atoms with van der Waals surface area (Å²) >= 11 is 0. The average Bonchev–Trinajstić information content (AvgIpc) is 2.62. The minimum absolute atomic E-state index is 0.0554. The SMILES string of the molecule is CCOc1cc(/C=N\Nc2ccc(F)cc2F)ccc1OCC(=O)N(C)C. The third-order valence-electron chi connectivity index (χ3n) is 3.45. The van der Waals surface area contributed by atoms with Gasteiger partial charge in [0, 0.05) is 20.2 Å². The fraction of sp³-hybridized carbons (Fsp3) is 0.263. The van der Waals surface area contributed by atoms with Crippen LogP contribution in [0.4, 0.5) is 14.5 Å². The Bertz CT molecular complexity index is 826. The van der Waals surface area contributed by atoms with Crippen LogP contribution >= 0.6 is 0 Å². The van der Waals surface area contributed by atoms with Crippen LogP contribution in [-0.2, 0) is 4.79 Å². The Morgan fingerprint density at radius 1 is 1.15 bits per heavy atom. The van der Waals surface area contributed by atoms with Crippen molar-refractivity contribution < 1.29 is 23.0 Å². The summed E-state index contributed by atoms with van der Waals surface area (Å²) in [4.78, 5) is 13.1. The van der Waals surface area contributed by atoms with Crippen LogP contribution in [0.5, 0.6) is 11.5 Å². The summed E-state index contributed by atoms with van der Waals surface area (Å²) < 4.78 is 37.5. The molecule has 0 bridgehead atoms. The molecule has 0 radical (unpaired) electrons. The van der Waals surface area contributed by atoms with Gasteiger partial charge in [-0.25, -0.2) is 8.78 Å². The Hall–Kier alpha value is -3.16. The van der Waals surface area contributed by atoms with Crippen LogP contribution in [-0.4, -0.2) is 44.3 Å². The van der Waals surface area contributed by atoms with E-state index in [0.717, 1.165) is 12.1 Å². The molecule has 0 spiro atoms. The van der Waals surface area contributed by atoms with Crippen molar-refractivity contribution in [2.75, 3.05) is 32.7 Å². The number of hydrazone groups is 1. The number of nitrogens with one attached hydrogen (secondary N) is 1. The number of rotatable bonds is 8. The Labute approximate surface area is 156 Å². The van der Waals surface area contributed by atoms with Gasteiger partial charge in [0.25, 0.3) is 5.91 Å². The van der Waals surface area contributed by atoms with E-state index in [-0.39, 0.29) is 18.2 Å². The molecule has 0 aliphatic carbocycles. The van der Waals surface area contributed by atoms with Gasteiger partial charge in [-0.15, -0.1) is 0 Å². The van der Waals surface area contributed by atoms with E-state index in [2.05, 4.69) is 10.5 Å². The summed E-state index contributed by atoms with van der Waals surface area (Å²) in [6, 6.07) is 8.22. The molecule has 2 aromatic rings. The van der Waals surface area contributed by atoms with E-state index in [1.807, 2.05) is 6.92 Å². The molecular formula is C19H21F2N3O3. The summed E-state index contributed by atoms with van der Waals surface area (Å²) in [5, 5.41) is 3.94. The quantitative estimate of drug-likeness (QED) is 0.567. The third kappa shape index (κ3) is 5.95. The van der Waals surface area contributed by atoms with Crippen molar-refractivity contribution in [3.8, 4) is 11.5 Å². The van der Waals surface area contributed by atoms with E-state index in [1.165, 1.54) is 17.2 Å². The number of benzene rings is 2. The summed E-state index contributed by atoms with van der Waals surface area (Å²) in [6.45, 7) is 2.14. The van der Waals surface area contributed by atoms with E-state index in [4.69, 9.17) is 9.47 Å². The summed E-state index contributed by atoms with van der Waals surface area (Å²) in [7, 11) is 3.29. The van der Waals surface area contributed by atoms with Crippen molar-refractivity contribution in [3.63, 3.8) is 0 Å². The van der Waals surface area contributed by atoms with Crippen molar-refractivity contribution in [3.05, 3.63) is 53.6 Å². The molecule has 0 fully saturated rings. The van der Waals surface area contributed by atoms with Gasteiger partial charge in [-0.1, -0.05) is 0 Å². The van der Waals surface area contributed by atoms with Crippen LogP contribution < -0.4 is 14.9 Å². The molecule has 0 aliphatic heterocycles. The molecule has 1 amide bonds. The van der Waals surface area contributed by atoms with Crippen LogP contribution in [0.1, 0.15) is 12.5 Å². The van der Waals surface area contributed by atoms with Gasteiger partial charge in [0.15, 0.2) is 23.9 Å². The normalized spacial score (nSPS) is 10.7. The Morgan fingerprint density at radius 2 is 1.93 bits per heavy atom. The lowest BCUT2D eigenvalue weighted by molar-refractivity contribution is -0.130. The van der Waals surface area contributed by atoms with Crippen molar-refractivity contribution in [2.45, 2.75) is 6.92 Å². The lowest BCUT2D eigenvalue weighted by Gasteiger charge is -2.14. The largest absolute Gasteiger partial charge is 0.490 e. The van der Waals surface area contributed by atoms with Gasteiger partial charge in [0.2, 0.25) is 0 Å². The lowest BCUT2D eigenvalue weighted by Crippen LogP contribution is -2.27. The number of anilines is 1. The Morgan fingerprint density at radius 3 is 2.59 bits per heavy atom. The second-order valence-corrected chi connectivity index (χ2v) is 5.71. The van der Waals surface area contributed by atoms with Crippen molar-refractivity contribution in [1.29, 1.82) is 0 Å². The van der Waals surface area contributed by atoms with Crippen LogP contribution in [0.2, 0.25) is 0 Å². The van der Waals surface area contributed by atoms with Crippen LogP contribution in [0.3, 0.4) is 0 Å². The molecule has 2 rings (SSSR count). The highest BCUT2D eigenvalue weighted by atomic mass is 19.1. The van der Waals surface area contributed by atoms with Gasteiger partial charge in [-0.3, -0.25) is 10.2 Å². The standard InChI is InChI=1S/C19H21F2N3O3/c1-4-26-18-9-13(5-8-17(18)27-12-19(25)24(2)3)11-22-23-16-7-6-14(20)10-15(16)21/h5-11,23H,4,12H2,1-3H3/b22-11-. The van der Waals surface area contributed by atoms with E-state index < -0.39 is 11.6 Å². The molecule has 0 unspecified atom stereocenters. The van der Waals surface area contributed by atoms with Crippen molar-refractivity contribution >= 4 is 17.8 Å². The van der Waals surface area contributed by atoms with Crippen molar-refractivity contribution in [2.24, 2.45) is 5.10 Å². The van der Waals surface area contributed by atoms with E-state index in [9.17, 15) is 13.6 Å². The van der Waals surface area contributed by atoms with E-state index in [1.54, 1.807) is 32.3 Å². The number of carbonyl (C=O) groups is 1. The highest BCUT2D eigenvalue weighted by Crippen LogP contribution is 2.28. The van der Waals surface area contributed by atoms with E-state index >= 15 is 0 Å². The topological polar surface area (TPSA) is 63.2 Å². The zero-order valence-electron chi connectivity index (χ0n) is 15.3. The van der Waals surface area contributed by atoms with Crippen LogP contribution in [0.15, 0.2) is 41.5 Å². The monoisotopic (exact) mass is 377 g/mol. The zero-order valence-corrected chi connectivity index (χ0v) is 15.3. The highest BCUT2D eigenvalue weighted by Gasteiger charge is 2.10. The van der Waals surface area contributed by atoms with Gasteiger partial charge in [0.1, 0.15) is 5.82 Å². The maximum absolute atomic E-state index is 13.6. The molecule has 27 heavy (non-hydrogen) atoms.